The zero-order chi connectivity index (χ0) is 8.60. The van der Waals surface area contributed by atoms with Crippen LogP contribution in [0.4, 0.5) is 0 Å². The van der Waals surface area contributed by atoms with Crippen LogP contribution in [0.15, 0.2) is 0 Å². The molecular weight excluding hydrogens is 150 g/mol. The van der Waals surface area contributed by atoms with Crippen molar-refractivity contribution in [1.82, 2.24) is 0 Å². The van der Waals surface area contributed by atoms with E-state index in [1.165, 1.54) is 32.1 Å². The van der Waals surface area contributed by atoms with Gasteiger partial charge < -0.3 is 10.5 Å². The fourth-order valence-corrected chi connectivity index (χ4v) is 2.94. The lowest BCUT2D eigenvalue weighted by Crippen LogP contribution is -2.40. The predicted molar refractivity (Wildman–Crippen MR) is 48.9 cm³/mol. The van der Waals surface area contributed by atoms with E-state index in [4.69, 9.17) is 10.5 Å². The molecule has 1 saturated heterocycles. The van der Waals surface area contributed by atoms with Crippen molar-refractivity contribution in [2.24, 2.45) is 11.1 Å². The molecule has 2 heteroatoms. The van der Waals surface area contributed by atoms with Crippen LogP contribution in [0.1, 0.15) is 39.0 Å². The average Bonchev–Trinajstić information content (AvgIpc) is 2.41. The SMILES string of the molecule is CC1CC2(CN)CCCCC2O1. The minimum atomic E-state index is 0.359. The van der Waals surface area contributed by atoms with E-state index in [-0.39, 0.29) is 0 Å². The van der Waals surface area contributed by atoms with Crippen molar-refractivity contribution in [1.29, 1.82) is 0 Å². The summed E-state index contributed by atoms with van der Waals surface area (Å²) in [6.45, 7) is 3.00. The maximum Gasteiger partial charge on any atom is 0.0647 e. The fraction of sp³-hybridized carbons (Fsp3) is 1.00. The van der Waals surface area contributed by atoms with Gasteiger partial charge in [0, 0.05) is 12.0 Å². The Balaban J connectivity index is 2.14. The summed E-state index contributed by atoms with van der Waals surface area (Å²) in [6, 6.07) is 0. The van der Waals surface area contributed by atoms with Crippen molar-refractivity contribution in [3.63, 3.8) is 0 Å². The molecule has 3 atom stereocenters. The molecule has 2 aliphatic rings. The molecule has 2 fully saturated rings. The zero-order valence-corrected chi connectivity index (χ0v) is 7.88. The Labute approximate surface area is 74.5 Å². The Morgan fingerprint density at radius 3 is 3.00 bits per heavy atom. The lowest BCUT2D eigenvalue weighted by molar-refractivity contribution is -0.00327. The smallest absolute Gasteiger partial charge is 0.0647 e. The number of rotatable bonds is 1. The lowest BCUT2D eigenvalue weighted by atomic mass is 9.71. The van der Waals surface area contributed by atoms with Crippen LogP contribution in [-0.4, -0.2) is 18.8 Å². The first-order valence-electron chi connectivity index (χ1n) is 5.12. The molecule has 12 heavy (non-hydrogen) atoms. The minimum absolute atomic E-state index is 0.359. The van der Waals surface area contributed by atoms with E-state index < -0.39 is 0 Å². The van der Waals surface area contributed by atoms with Crippen LogP contribution in [0, 0.1) is 5.41 Å². The topological polar surface area (TPSA) is 35.2 Å². The number of hydrogen-bond acceptors (Lipinski definition) is 2. The van der Waals surface area contributed by atoms with Crippen molar-refractivity contribution < 1.29 is 4.74 Å². The predicted octanol–water partition coefficient (Wildman–Crippen LogP) is 1.68. The van der Waals surface area contributed by atoms with Gasteiger partial charge in [0.1, 0.15) is 0 Å². The molecule has 1 saturated carbocycles. The third-order valence-electron chi connectivity index (χ3n) is 3.57. The van der Waals surface area contributed by atoms with Gasteiger partial charge in [-0.3, -0.25) is 0 Å². The molecule has 2 rings (SSSR count). The first-order chi connectivity index (χ1) is 5.77. The van der Waals surface area contributed by atoms with Crippen LogP contribution in [0.5, 0.6) is 0 Å². The summed E-state index contributed by atoms with van der Waals surface area (Å²) in [6.07, 6.45) is 7.32. The molecule has 0 aromatic rings. The molecule has 0 radical (unpaired) electrons. The summed E-state index contributed by atoms with van der Waals surface area (Å²) in [5.41, 5.74) is 6.22. The van der Waals surface area contributed by atoms with E-state index in [9.17, 15) is 0 Å². The van der Waals surface area contributed by atoms with E-state index in [0.29, 0.717) is 17.6 Å². The first kappa shape index (κ1) is 8.52. The van der Waals surface area contributed by atoms with Gasteiger partial charge in [-0.15, -0.1) is 0 Å². The molecule has 0 amide bonds. The molecule has 0 aromatic carbocycles. The van der Waals surface area contributed by atoms with Crippen LogP contribution in [0.2, 0.25) is 0 Å². The van der Waals surface area contributed by atoms with Gasteiger partial charge in [0.15, 0.2) is 0 Å². The van der Waals surface area contributed by atoms with E-state index in [0.717, 1.165) is 6.54 Å². The van der Waals surface area contributed by atoms with Crippen LogP contribution in [0.25, 0.3) is 0 Å². The van der Waals surface area contributed by atoms with Gasteiger partial charge in [-0.2, -0.15) is 0 Å². The van der Waals surface area contributed by atoms with Gasteiger partial charge >= 0.3 is 0 Å². The third kappa shape index (κ3) is 1.17. The Kier molecular flexibility index (Phi) is 2.13. The van der Waals surface area contributed by atoms with Crippen LogP contribution in [0.3, 0.4) is 0 Å². The van der Waals surface area contributed by atoms with Crippen molar-refractivity contribution in [2.75, 3.05) is 6.54 Å². The second-order valence-corrected chi connectivity index (χ2v) is 4.45. The third-order valence-corrected chi connectivity index (χ3v) is 3.57. The molecule has 0 aromatic heterocycles. The quantitative estimate of drug-likeness (QED) is 0.648. The number of ether oxygens (including phenoxy) is 1. The summed E-state index contributed by atoms with van der Waals surface area (Å²) in [7, 11) is 0. The van der Waals surface area contributed by atoms with Crippen molar-refractivity contribution in [2.45, 2.75) is 51.2 Å². The number of fused-ring (bicyclic) bond motifs is 1. The second kappa shape index (κ2) is 3.00. The Morgan fingerprint density at radius 1 is 1.50 bits per heavy atom. The molecule has 2 nitrogen and oxygen atoms in total. The summed E-state index contributed by atoms with van der Waals surface area (Å²) < 4.78 is 5.88. The largest absolute Gasteiger partial charge is 0.375 e. The van der Waals surface area contributed by atoms with E-state index in [1.807, 2.05) is 0 Å². The van der Waals surface area contributed by atoms with Crippen molar-refractivity contribution >= 4 is 0 Å². The van der Waals surface area contributed by atoms with Gasteiger partial charge in [-0.05, 0) is 26.2 Å². The van der Waals surface area contributed by atoms with Gasteiger partial charge in [0.25, 0.3) is 0 Å². The fourth-order valence-electron chi connectivity index (χ4n) is 2.94. The molecule has 1 aliphatic heterocycles. The number of nitrogens with two attached hydrogens (primary N) is 1. The standard InChI is InChI=1S/C10H19NO/c1-8-6-10(7-11)5-3-2-4-9(10)12-8/h8-9H,2-7,11H2,1H3. The monoisotopic (exact) mass is 169 g/mol. The molecule has 0 bridgehead atoms. The Hall–Kier alpha value is -0.0800. The van der Waals surface area contributed by atoms with Gasteiger partial charge in [-0.25, -0.2) is 0 Å². The maximum absolute atomic E-state index is 5.88. The van der Waals surface area contributed by atoms with Gasteiger partial charge in [0.05, 0.1) is 12.2 Å². The summed E-state index contributed by atoms with van der Waals surface area (Å²) >= 11 is 0. The zero-order valence-electron chi connectivity index (χ0n) is 7.88. The highest BCUT2D eigenvalue weighted by Crippen LogP contribution is 2.46. The second-order valence-electron chi connectivity index (χ2n) is 4.45. The molecule has 0 spiro atoms. The highest BCUT2D eigenvalue weighted by molar-refractivity contribution is 4.97. The van der Waals surface area contributed by atoms with Gasteiger partial charge in [-0.1, -0.05) is 12.8 Å². The van der Waals surface area contributed by atoms with Crippen LogP contribution >= 0.6 is 0 Å². The normalized spacial score (nSPS) is 47.5. The number of hydrogen-bond donors (Lipinski definition) is 1. The van der Waals surface area contributed by atoms with E-state index in [2.05, 4.69) is 6.92 Å². The maximum atomic E-state index is 5.88. The minimum Gasteiger partial charge on any atom is -0.375 e. The summed E-state index contributed by atoms with van der Waals surface area (Å²) in [5, 5.41) is 0. The molecule has 3 unspecified atom stereocenters. The molecular formula is C10H19NO. The Bertz CT molecular complexity index is 171. The summed E-state index contributed by atoms with van der Waals surface area (Å²) in [4.78, 5) is 0. The van der Waals surface area contributed by atoms with E-state index >= 15 is 0 Å². The van der Waals surface area contributed by atoms with Crippen LogP contribution < -0.4 is 5.73 Å². The highest BCUT2D eigenvalue weighted by Gasteiger charge is 2.46. The Morgan fingerprint density at radius 2 is 2.33 bits per heavy atom. The molecule has 1 heterocycles. The highest BCUT2D eigenvalue weighted by atomic mass is 16.5. The van der Waals surface area contributed by atoms with Crippen LogP contribution in [-0.2, 0) is 4.74 Å². The molecule has 1 aliphatic carbocycles. The van der Waals surface area contributed by atoms with Crippen molar-refractivity contribution in [3.05, 3.63) is 0 Å². The molecule has 2 N–H and O–H groups in total. The molecule has 70 valence electrons. The van der Waals surface area contributed by atoms with E-state index in [1.54, 1.807) is 0 Å². The summed E-state index contributed by atoms with van der Waals surface area (Å²) in [5.74, 6) is 0. The van der Waals surface area contributed by atoms with Crippen molar-refractivity contribution in [3.8, 4) is 0 Å². The lowest BCUT2D eigenvalue weighted by Gasteiger charge is -2.36. The van der Waals surface area contributed by atoms with Gasteiger partial charge in [0.2, 0.25) is 0 Å². The first-order valence-corrected chi connectivity index (χ1v) is 5.12. The average molecular weight is 169 g/mol.